The van der Waals surface area contributed by atoms with E-state index in [-0.39, 0.29) is 11.8 Å². The molecule has 2 amide bonds. The Bertz CT molecular complexity index is 1230. The van der Waals surface area contributed by atoms with E-state index in [0.29, 0.717) is 36.1 Å². The van der Waals surface area contributed by atoms with Crippen LogP contribution >= 0.6 is 11.3 Å². The van der Waals surface area contributed by atoms with E-state index in [2.05, 4.69) is 20.9 Å². The average Bonchev–Trinajstić information content (AvgIpc) is 3.54. The highest BCUT2D eigenvalue weighted by Gasteiger charge is 2.21. The summed E-state index contributed by atoms with van der Waals surface area (Å²) in [5, 5.41) is 11.5. The predicted octanol–water partition coefficient (Wildman–Crippen LogP) is 5.89. The molecule has 3 N–H and O–H groups in total. The van der Waals surface area contributed by atoms with Gasteiger partial charge in [-0.15, -0.1) is 11.3 Å². The van der Waals surface area contributed by atoms with Crippen LogP contribution in [0.1, 0.15) is 81.7 Å². The minimum Gasteiger partial charge on any atom is -0.382 e. The number of anilines is 1. The van der Waals surface area contributed by atoms with Crippen LogP contribution in [0, 0.1) is 0 Å². The highest BCUT2D eigenvalue weighted by atomic mass is 32.1. The van der Waals surface area contributed by atoms with Gasteiger partial charge in [-0.1, -0.05) is 44.2 Å². The van der Waals surface area contributed by atoms with Crippen LogP contribution in [0.4, 0.5) is 5.69 Å². The van der Waals surface area contributed by atoms with Crippen molar-refractivity contribution in [1.82, 2.24) is 10.6 Å². The van der Waals surface area contributed by atoms with Crippen LogP contribution in [0.15, 0.2) is 65.0 Å². The lowest BCUT2D eigenvalue weighted by Crippen LogP contribution is -2.30. The number of benzene rings is 2. The zero-order valence-electron chi connectivity index (χ0n) is 20.4. The van der Waals surface area contributed by atoms with Crippen molar-refractivity contribution >= 4 is 34.7 Å². The summed E-state index contributed by atoms with van der Waals surface area (Å²) in [5.74, 6) is 0.169. The molecule has 0 spiro atoms. The van der Waals surface area contributed by atoms with Crippen LogP contribution in [-0.2, 0) is 13.1 Å². The van der Waals surface area contributed by atoms with Crippen LogP contribution in [0.5, 0.6) is 0 Å². The first-order valence-electron chi connectivity index (χ1n) is 12.8. The minimum atomic E-state index is -0.202. The second kappa shape index (κ2) is 11.5. The fraction of sp³-hybridized carbons (Fsp3) is 0.345. The van der Waals surface area contributed by atoms with Gasteiger partial charge in [-0.05, 0) is 66.2 Å². The standard InChI is InChI=1S/C29H32N4O2S/c34-28(31-19-25-9-6-16-36-25)21-10-11-22-18-30-27(26(22)17-21)33-29(35)20-12-14-24(15-13-20)32-23-7-4-2-1-3-5-8-23/h6,9-17,23,32H,1-5,7-8,18-19H2,(H,31,34)(H,30,33,35). The SMILES string of the molecule is O=C(NCc1cccs1)c1ccc2c(c1)C(NC(=O)c1ccc(NC3CCCCCCC3)cc1)=NC2. The van der Waals surface area contributed by atoms with Gasteiger partial charge in [0.15, 0.2) is 0 Å². The lowest BCUT2D eigenvalue weighted by atomic mass is 9.96. The van der Waals surface area contributed by atoms with Gasteiger partial charge in [0.25, 0.3) is 11.8 Å². The van der Waals surface area contributed by atoms with E-state index in [9.17, 15) is 9.59 Å². The molecule has 0 atom stereocenters. The molecule has 3 aromatic rings. The molecule has 0 saturated heterocycles. The van der Waals surface area contributed by atoms with Crippen molar-refractivity contribution in [3.63, 3.8) is 0 Å². The molecule has 7 heteroatoms. The highest BCUT2D eigenvalue weighted by Crippen LogP contribution is 2.22. The van der Waals surface area contributed by atoms with Crippen molar-refractivity contribution in [2.24, 2.45) is 4.99 Å². The molecule has 1 aliphatic heterocycles. The summed E-state index contributed by atoms with van der Waals surface area (Å²) in [6, 6.07) is 17.7. The number of carbonyl (C=O) groups excluding carboxylic acids is 2. The van der Waals surface area contributed by atoms with E-state index >= 15 is 0 Å². The fourth-order valence-corrected chi connectivity index (χ4v) is 5.49. The van der Waals surface area contributed by atoms with Gasteiger partial charge in [0.05, 0.1) is 13.1 Å². The minimum absolute atomic E-state index is 0.142. The third kappa shape index (κ3) is 6.02. The van der Waals surface area contributed by atoms with Gasteiger partial charge in [-0.3, -0.25) is 14.6 Å². The molecule has 0 bridgehead atoms. The van der Waals surface area contributed by atoms with E-state index in [1.807, 2.05) is 60.0 Å². The van der Waals surface area contributed by atoms with Gasteiger partial charge in [0.1, 0.15) is 5.84 Å². The molecule has 186 valence electrons. The Morgan fingerprint density at radius 1 is 0.889 bits per heavy atom. The number of fused-ring (bicyclic) bond motifs is 1. The molecular formula is C29H32N4O2S. The summed E-state index contributed by atoms with van der Waals surface area (Å²) in [7, 11) is 0. The average molecular weight is 501 g/mol. The number of thiophene rings is 1. The Balaban J connectivity index is 1.19. The van der Waals surface area contributed by atoms with Crippen molar-refractivity contribution in [2.75, 3.05) is 5.32 Å². The molecule has 2 aromatic carbocycles. The van der Waals surface area contributed by atoms with Crippen LogP contribution in [0.25, 0.3) is 0 Å². The summed E-state index contributed by atoms with van der Waals surface area (Å²) in [6.07, 6.45) is 8.97. The van der Waals surface area contributed by atoms with Gasteiger partial charge in [-0.25, -0.2) is 0 Å². The second-order valence-corrected chi connectivity index (χ2v) is 10.5. The monoisotopic (exact) mass is 500 g/mol. The molecule has 0 unspecified atom stereocenters. The largest absolute Gasteiger partial charge is 0.382 e. The number of nitrogens with one attached hydrogen (secondary N) is 3. The molecule has 1 saturated carbocycles. The molecule has 1 aliphatic carbocycles. The second-order valence-electron chi connectivity index (χ2n) is 9.52. The smallest absolute Gasteiger partial charge is 0.256 e. The molecular weight excluding hydrogens is 468 g/mol. The Kier molecular flexibility index (Phi) is 7.76. The summed E-state index contributed by atoms with van der Waals surface area (Å²) < 4.78 is 0. The van der Waals surface area contributed by atoms with E-state index in [0.717, 1.165) is 21.7 Å². The number of carbonyl (C=O) groups is 2. The summed E-state index contributed by atoms with van der Waals surface area (Å²) in [4.78, 5) is 31.2. The molecule has 36 heavy (non-hydrogen) atoms. The first kappa shape index (κ1) is 24.3. The van der Waals surface area contributed by atoms with Crippen LogP contribution in [-0.4, -0.2) is 23.7 Å². The molecule has 6 nitrogen and oxygen atoms in total. The third-order valence-corrected chi connectivity index (χ3v) is 7.77. The molecule has 2 heterocycles. The third-order valence-electron chi connectivity index (χ3n) is 6.89. The van der Waals surface area contributed by atoms with Gasteiger partial charge < -0.3 is 16.0 Å². The molecule has 5 rings (SSSR count). The number of hydrogen-bond donors (Lipinski definition) is 3. The van der Waals surface area contributed by atoms with Crippen LogP contribution in [0.3, 0.4) is 0 Å². The van der Waals surface area contributed by atoms with E-state index in [1.165, 1.54) is 44.9 Å². The summed E-state index contributed by atoms with van der Waals surface area (Å²) >= 11 is 1.61. The van der Waals surface area contributed by atoms with Gasteiger partial charge in [-0.2, -0.15) is 0 Å². The van der Waals surface area contributed by atoms with Gasteiger partial charge >= 0.3 is 0 Å². The van der Waals surface area contributed by atoms with Crippen molar-refractivity contribution in [2.45, 2.75) is 64.1 Å². The van der Waals surface area contributed by atoms with Gasteiger partial charge in [0.2, 0.25) is 0 Å². The number of rotatable bonds is 6. The number of hydrogen-bond acceptors (Lipinski definition) is 5. The number of nitrogens with zero attached hydrogens (tertiary/aromatic N) is 1. The Morgan fingerprint density at radius 2 is 1.64 bits per heavy atom. The van der Waals surface area contributed by atoms with Crippen molar-refractivity contribution in [1.29, 1.82) is 0 Å². The normalized spacial score (nSPS) is 15.8. The summed E-state index contributed by atoms with van der Waals surface area (Å²) in [5.41, 5.74) is 3.99. The number of amidine groups is 1. The quantitative estimate of drug-likeness (QED) is 0.394. The summed E-state index contributed by atoms with van der Waals surface area (Å²) in [6.45, 7) is 0.989. The van der Waals surface area contributed by atoms with E-state index in [1.54, 1.807) is 11.3 Å². The van der Waals surface area contributed by atoms with E-state index in [4.69, 9.17) is 0 Å². The van der Waals surface area contributed by atoms with Crippen LogP contribution in [0.2, 0.25) is 0 Å². The highest BCUT2D eigenvalue weighted by molar-refractivity contribution is 7.09. The lowest BCUT2D eigenvalue weighted by Gasteiger charge is -2.22. The Morgan fingerprint density at radius 3 is 2.39 bits per heavy atom. The zero-order valence-corrected chi connectivity index (χ0v) is 21.2. The fourth-order valence-electron chi connectivity index (χ4n) is 4.85. The molecule has 0 radical (unpaired) electrons. The first-order valence-corrected chi connectivity index (χ1v) is 13.7. The van der Waals surface area contributed by atoms with Crippen LogP contribution < -0.4 is 16.0 Å². The maximum absolute atomic E-state index is 13.0. The number of aliphatic imine (C=N–C) groups is 1. The topological polar surface area (TPSA) is 82.6 Å². The zero-order chi connectivity index (χ0) is 24.7. The van der Waals surface area contributed by atoms with Crippen molar-refractivity contribution in [3.05, 3.63) is 87.1 Å². The molecule has 2 aliphatic rings. The molecule has 1 fully saturated rings. The predicted molar refractivity (Wildman–Crippen MR) is 146 cm³/mol. The van der Waals surface area contributed by atoms with Crippen molar-refractivity contribution in [3.8, 4) is 0 Å². The van der Waals surface area contributed by atoms with Gasteiger partial charge in [0, 0.05) is 33.3 Å². The Hall–Kier alpha value is -3.45. The van der Waals surface area contributed by atoms with Crippen molar-refractivity contribution < 1.29 is 9.59 Å². The maximum atomic E-state index is 13.0. The Labute approximate surface area is 216 Å². The lowest BCUT2D eigenvalue weighted by molar-refractivity contribution is 0.0949. The first-order chi connectivity index (χ1) is 17.7. The van der Waals surface area contributed by atoms with E-state index < -0.39 is 0 Å². The number of amides is 2. The maximum Gasteiger partial charge on any atom is 0.256 e. The molecule has 1 aromatic heterocycles.